The second-order valence-corrected chi connectivity index (χ2v) is 6.87. The lowest BCUT2D eigenvalue weighted by Crippen LogP contribution is -2.38. The molecule has 3 rings (SSSR count). The summed E-state index contributed by atoms with van der Waals surface area (Å²) in [6.07, 6.45) is 1.78. The molecule has 0 spiro atoms. The van der Waals surface area contributed by atoms with Crippen LogP contribution in [-0.4, -0.2) is 30.9 Å². The molecule has 5 heteroatoms. The Hall–Kier alpha value is -2.82. The summed E-state index contributed by atoms with van der Waals surface area (Å²) in [4.78, 5) is 27.0. The van der Waals surface area contributed by atoms with Crippen LogP contribution in [0, 0.1) is 0 Å². The molecule has 2 aromatic carbocycles. The van der Waals surface area contributed by atoms with E-state index in [2.05, 4.69) is 15.5 Å². The van der Waals surface area contributed by atoms with Crippen molar-refractivity contribution < 1.29 is 9.59 Å². The number of nitrogens with one attached hydrogen (secondary N) is 2. The summed E-state index contributed by atoms with van der Waals surface area (Å²) in [6, 6.07) is 15.3. The summed E-state index contributed by atoms with van der Waals surface area (Å²) in [5.41, 5.74) is 3.52. The number of carbonyl (C=O) groups is 2. The SMILES string of the molecule is CC(C)NC(=O)c1cccc2c1CCCN2CC(=O)Nc1ccccc1. The number of para-hydroxylation sites is 1. The largest absolute Gasteiger partial charge is 0.362 e. The summed E-state index contributed by atoms with van der Waals surface area (Å²) < 4.78 is 0. The van der Waals surface area contributed by atoms with Gasteiger partial charge in [-0.15, -0.1) is 0 Å². The quantitative estimate of drug-likeness (QED) is 0.869. The minimum absolute atomic E-state index is 0.0487. The van der Waals surface area contributed by atoms with Gasteiger partial charge in [0.05, 0.1) is 6.54 Å². The lowest BCUT2D eigenvalue weighted by Gasteiger charge is -2.32. The maximum atomic E-state index is 12.5. The first-order valence-electron chi connectivity index (χ1n) is 9.07. The first kappa shape index (κ1) is 18.0. The molecule has 1 aliphatic heterocycles. The summed E-state index contributed by atoms with van der Waals surface area (Å²) >= 11 is 0. The maximum absolute atomic E-state index is 12.5. The van der Waals surface area contributed by atoms with Crippen LogP contribution in [0.25, 0.3) is 0 Å². The van der Waals surface area contributed by atoms with Gasteiger partial charge in [-0.2, -0.15) is 0 Å². The van der Waals surface area contributed by atoms with Crippen molar-refractivity contribution in [2.45, 2.75) is 32.7 Å². The molecule has 0 saturated carbocycles. The van der Waals surface area contributed by atoms with Crippen LogP contribution in [0.15, 0.2) is 48.5 Å². The number of anilines is 2. The van der Waals surface area contributed by atoms with E-state index >= 15 is 0 Å². The van der Waals surface area contributed by atoms with Gasteiger partial charge in [0.1, 0.15) is 0 Å². The van der Waals surface area contributed by atoms with Crippen molar-refractivity contribution >= 4 is 23.2 Å². The van der Waals surface area contributed by atoms with Gasteiger partial charge in [-0.25, -0.2) is 0 Å². The van der Waals surface area contributed by atoms with E-state index < -0.39 is 0 Å². The molecule has 26 heavy (non-hydrogen) atoms. The molecular formula is C21H25N3O2. The summed E-state index contributed by atoms with van der Waals surface area (Å²) in [5.74, 6) is -0.103. The Balaban J connectivity index is 1.76. The highest BCUT2D eigenvalue weighted by atomic mass is 16.2. The molecule has 2 amide bonds. The number of amides is 2. The molecular weight excluding hydrogens is 326 g/mol. The van der Waals surface area contributed by atoms with E-state index in [1.54, 1.807) is 0 Å². The van der Waals surface area contributed by atoms with Gasteiger partial charge in [-0.3, -0.25) is 9.59 Å². The molecule has 0 unspecified atom stereocenters. The van der Waals surface area contributed by atoms with E-state index in [-0.39, 0.29) is 24.4 Å². The molecule has 136 valence electrons. The van der Waals surface area contributed by atoms with Crippen LogP contribution in [0.5, 0.6) is 0 Å². The van der Waals surface area contributed by atoms with Crippen LogP contribution in [0.1, 0.15) is 36.2 Å². The lowest BCUT2D eigenvalue weighted by atomic mass is 9.95. The van der Waals surface area contributed by atoms with Crippen molar-refractivity contribution in [1.82, 2.24) is 5.32 Å². The van der Waals surface area contributed by atoms with Gasteiger partial charge < -0.3 is 15.5 Å². The highest BCUT2D eigenvalue weighted by Gasteiger charge is 2.23. The molecule has 2 aromatic rings. The van der Waals surface area contributed by atoms with E-state index in [0.29, 0.717) is 5.56 Å². The summed E-state index contributed by atoms with van der Waals surface area (Å²) in [6.45, 7) is 4.99. The number of nitrogens with zero attached hydrogens (tertiary/aromatic N) is 1. The Kier molecular flexibility index (Phi) is 5.56. The highest BCUT2D eigenvalue weighted by molar-refractivity contribution is 5.98. The zero-order chi connectivity index (χ0) is 18.5. The minimum Gasteiger partial charge on any atom is -0.362 e. The number of hydrogen-bond acceptors (Lipinski definition) is 3. The van der Waals surface area contributed by atoms with Crippen LogP contribution in [-0.2, 0) is 11.2 Å². The second-order valence-electron chi connectivity index (χ2n) is 6.87. The third kappa shape index (κ3) is 4.23. The molecule has 0 aromatic heterocycles. The van der Waals surface area contributed by atoms with E-state index in [1.165, 1.54) is 0 Å². The maximum Gasteiger partial charge on any atom is 0.251 e. The molecule has 1 heterocycles. The zero-order valence-corrected chi connectivity index (χ0v) is 15.3. The number of carbonyl (C=O) groups excluding carboxylic acids is 2. The third-order valence-electron chi connectivity index (χ3n) is 4.40. The Morgan fingerprint density at radius 2 is 1.85 bits per heavy atom. The minimum atomic E-state index is -0.0546. The Labute approximate surface area is 154 Å². The van der Waals surface area contributed by atoms with Crippen molar-refractivity contribution in [2.24, 2.45) is 0 Å². The van der Waals surface area contributed by atoms with Gasteiger partial charge >= 0.3 is 0 Å². The second kappa shape index (κ2) is 8.04. The Morgan fingerprint density at radius 3 is 2.58 bits per heavy atom. The van der Waals surface area contributed by atoms with E-state index in [1.807, 2.05) is 62.4 Å². The molecule has 0 bridgehead atoms. The Morgan fingerprint density at radius 1 is 1.08 bits per heavy atom. The number of rotatable bonds is 5. The fraction of sp³-hybridized carbons (Fsp3) is 0.333. The average Bonchev–Trinajstić information content (AvgIpc) is 2.61. The molecule has 0 saturated heterocycles. The van der Waals surface area contributed by atoms with Crippen LogP contribution in [0.2, 0.25) is 0 Å². The average molecular weight is 351 g/mol. The fourth-order valence-corrected chi connectivity index (χ4v) is 3.31. The standard InChI is InChI=1S/C21H25N3O2/c1-15(2)22-21(26)18-10-6-12-19-17(18)11-7-13-24(19)14-20(25)23-16-8-4-3-5-9-16/h3-6,8-10,12,15H,7,11,13-14H2,1-2H3,(H,22,26)(H,23,25). The summed E-state index contributed by atoms with van der Waals surface area (Å²) in [5, 5.41) is 5.88. The monoisotopic (exact) mass is 351 g/mol. The van der Waals surface area contributed by atoms with E-state index in [4.69, 9.17) is 0 Å². The predicted octanol–water partition coefficient (Wildman–Crippen LogP) is 3.22. The van der Waals surface area contributed by atoms with Gasteiger partial charge in [-0.05, 0) is 56.5 Å². The van der Waals surface area contributed by atoms with Crippen LogP contribution in [0.3, 0.4) is 0 Å². The predicted molar refractivity (Wildman–Crippen MR) is 105 cm³/mol. The topological polar surface area (TPSA) is 61.4 Å². The first-order chi connectivity index (χ1) is 12.5. The van der Waals surface area contributed by atoms with Crippen molar-refractivity contribution in [3.63, 3.8) is 0 Å². The van der Waals surface area contributed by atoms with E-state index in [9.17, 15) is 9.59 Å². The highest BCUT2D eigenvalue weighted by Crippen LogP contribution is 2.30. The normalized spacial score (nSPS) is 13.3. The number of hydrogen-bond donors (Lipinski definition) is 2. The van der Waals surface area contributed by atoms with Gasteiger partial charge in [-0.1, -0.05) is 24.3 Å². The number of benzene rings is 2. The molecule has 0 aliphatic carbocycles. The summed E-state index contributed by atoms with van der Waals surface area (Å²) in [7, 11) is 0. The van der Waals surface area contributed by atoms with Crippen molar-refractivity contribution in [1.29, 1.82) is 0 Å². The van der Waals surface area contributed by atoms with Gasteiger partial charge in [0.2, 0.25) is 5.91 Å². The first-order valence-corrected chi connectivity index (χ1v) is 9.07. The molecule has 2 N–H and O–H groups in total. The molecule has 1 aliphatic rings. The fourth-order valence-electron chi connectivity index (χ4n) is 3.31. The van der Waals surface area contributed by atoms with Crippen molar-refractivity contribution in [2.75, 3.05) is 23.3 Å². The Bertz CT molecular complexity index is 787. The van der Waals surface area contributed by atoms with Crippen molar-refractivity contribution in [3.05, 3.63) is 59.7 Å². The van der Waals surface area contributed by atoms with Crippen molar-refractivity contribution in [3.8, 4) is 0 Å². The van der Waals surface area contributed by atoms with Gasteiger partial charge in [0.25, 0.3) is 5.91 Å². The van der Waals surface area contributed by atoms with E-state index in [0.717, 1.165) is 36.3 Å². The van der Waals surface area contributed by atoms with Crippen LogP contribution >= 0.6 is 0 Å². The van der Waals surface area contributed by atoms with Gasteiger partial charge in [0, 0.05) is 29.5 Å². The smallest absolute Gasteiger partial charge is 0.251 e. The number of fused-ring (bicyclic) bond motifs is 1. The van der Waals surface area contributed by atoms with Gasteiger partial charge in [0.15, 0.2) is 0 Å². The third-order valence-corrected chi connectivity index (χ3v) is 4.40. The van der Waals surface area contributed by atoms with Crippen LogP contribution in [0.4, 0.5) is 11.4 Å². The van der Waals surface area contributed by atoms with Crippen LogP contribution < -0.4 is 15.5 Å². The zero-order valence-electron chi connectivity index (χ0n) is 15.3. The molecule has 0 fully saturated rings. The molecule has 0 atom stereocenters. The lowest BCUT2D eigenvalue weighted by molar-refractivity contribution is -0.115. The molecule has 5 nitrogen and oxygen atoms in total. The molecule has 0 radical (unpaired) electrons.